The SMILES string of the molecule is CC(NC1CCC(n2nc(-n3cncn3)ccc2=O)CC1)c1cccnc1. The summed E-state index contributed by atoms with van der Waals surface area (Å²) in [7, 11) is 0. The third-order valence-corrected chi connectivity index (χ3v) is 5.18. The maximum atomic E-state index is 12.3. The molecule has 0 aromatic carbocycles. The molecular weight excluding hydrogens is 342 g/mol. The van der Waals surface area contributed by atoms with Crippen LogP contribution < -0.4 is 10.9 Å². The lowest BCUT2D eigenvalue weighted by Gasteiger charge is -2.31. The first-order valence-electron chi connectivity index (χ1n) is 9.31. The summed E-state index contributed by atoms with van der Waals surface area (Å²) in [6, 6.07) is 8.10. The average Bonchev–Trinajstić information content (AvgIpc) is 3.25. The number of pyridine rings is 1. The molecule has 8 heteroatoms. The highest BCUT2D eigenvalue weighted by Gasteiger charge is 2.25. The van der Waals surface area contributed by atoms with E-state index in [2.05, 4.69) is 38.5 Å². The molecule has 0 amide bonds. The van der Waals surface area contributed by atoms with Crippen molar-refractivity contribution in [1.29, 1.82) is 0 Å². The van der Waals surface area contributed by atoms with Crippen molar-refractivity contribution in [2.75, 3.05) is 0 Å². The summed E-state index contributed by atoms with van der Waals surface area (Å²) in [5.41, 5.74) is 1.12. The van der Waals surface area contributed by atoms with Gasteiger partial charge in [0.15, 0.2) is 5.82 Å². The molecule has 1 N–H and O–H groups in total. The van der Waals surface area contributed by atoms with Gasteiger partial charge in [-0.15, -0.1) is 5.10 Å². The lowest BCUT2D eigenvalue weighted by Crippen LogP contribution is -2.38. The summed E-state index contributed by atoms with van der Waals surface area (Å²) in [6.07, 6.45) is 10.6. The summed E-state index contributed by atoms with van der Waals surface area (Å²) in [5, 5.41) is 12.3. The van der Waals surface area contributed by atoms with Crippen molar-refractivity contribution >= 4 is 0 Å². The summed E-state index contributed by atoms with van der Waals surface area (Å²) in [5.74, 6) is 0.609. The van der Waals surface area contributed by atoms with E-state index in [1.165, 1.54) is 11.9 Å². The van der Waals surface area contributed by atoms with E-state index in [9.17, 15) is 4.79 Å². The van der Waals surface area contributed by atoms with Crippen LogP contribution in [-0.4, -0.2) is 35.6 Å². The van der Waals surface area contributed by atoms with Crippen molar-refractivity contribution in [3.8, 4) is 5.82 Å². The fourth-order valence-electron chi connectivity index (χ4n) is 3.69. The molecule has 1 unspecified atom stereocenters. The normalized spacial score (nSPS) is 21.1. The zero-order valence-corrected chi connectivity index (χ0v) is 15.3. The molecule has 1 atom stereocenters. The van der Waals surface area contributed by atoms with Crippen molar-refractivity contribution in [1.82, 2.24) is 34.8 Å². The molecule has 1 aliphatic rings. The predicted molar refractivity (Wildman–Crippen MR) is 100 cm³/mol. The second kappa shape index (κ2) is 7.79. The van der Waals surface area contributed by atoms with Gasteiger partial charge in [-0.25, -0.2) is 14.3 Å². The molecule has 0 aliphatic heterocycles. The molecule has 140 valence electrons. The van der Waals surface area contributed by atoms with Crippen molar-refractivity contribution in [3.05, 3.63) is 65.2 Å². The number of hydrogen-bond acceptors (Lipinski definition) is 6. The maximum Gasteiger partial charge on any atom is 0.267 e. The minimum Gasteiger partial charge on any atom is -0.307 e. The Bertz CT molecular complexity index is 915. The van der Waals surface area contributed by atoms with Crippen molar-refractivity contribution in [2.24, 2.45) is 0 Å². The fraction of sp³-hybridized carbons (Fsp3) is 0.421. The van der Waals surface area contributed by atoms with E-state index in [4.69, 9.17) is 0 Å². The second-order valence-corrected chi connectivity index (χ2v) is 6.99. The van der Waals surface area contributed by atoms with Crippen LogP contribution in [0.3, 0.4) is 0 Å². The molecule has 27 heavy (non-hydrogen) atoms. The molecule has 4 rings (SSSR count). The van der Waals surface area contributed by atoms with Gasteiger partial charge in [0.2, 0.25) is 0 Å². The molecule has 3 aromatic heterocycles. The minimum absolute atomic E-state index is 0.0704. The van der Waals surface area contributed by atoms with Crippen LogP contribution >= 0.6 is 0 Å². The quantitative estimate of drug-likeness (QED) is 0.744. The van der Waals surface area contributed by atoms with Gasteiger partial charge in [0.25, 0.3) is 5.56 Å². The van der Waals surface area contributed by atoms with E-state index in [1.807, 2.05) is 12.3 Å². The highest BCUT2D eigenvalue weighted by Crippen LogP contribution is 2.28. The molecule has 1 fully saturated rings. The van der Waals surface area contributed by atoms with Gasteiger partial charge >= 0.3 is 0 Å². The van der Waals surface area contributed by atoms with Crippen LogP contribution in [0, 0.1) is 0 Å². The molecule has 3 heterocycles. The monoisotopic (exact) mass is 365 g/mol. The summed E-state index contributed by atoms with van der Waals surface area (Å²) >= 11 is 0. The number of hydrogen-bond donors (Lipinski definition) is 1. The minimum atomic E-state index is -0.0704. The van der Waals surface area contributed by atoms with Gasteiger partial charge in [-0.05, 0) is 50.3 Å². The van der Waals surface area contributed by atoms with E-state index in [0.29, 0.717) is 11.9 Å². The van der Waals surface area contributed by atoms with E-state index in [1.54, 1.807) is 34.0 Å². The smallest absolute Gasteiger partial charge is 0.267 e. The Morgan fingerprint density at radius 2 is 2.00 bits per heavy atom. The van der Waals surface area contributed by atoms with E-state index in [0.717, 1.165) is 25.7 Å². The van der Waals surface area contributed by atoms with Crippen molar-refractivity contribution < 1.29 is 0 Å². The first-order chi connectivity index (χ1) is 13.2. The van der Waals surface area contributed by atoms with Gasteiger partial charge in [-0.1, -0.05) is 6.07 Å². The molecule has 0 bridgehead atoms. The number of nitrogens with one attached hydrogen (secondary N) is 1. The van der Waals surface area contributed by atoms with E-state index < -0.39 is 0 Å². The largest absolute Gasteiger partial charge is 0.307 e. The third-order valence-electron chi connectivity index (χ3n) is 5.18. The highest BCUT2D eigenvalue weighted by molar-refractivity contribution is 5.17. The molecule has 1 saturated carbocycles. The van der Waals surface area contributed by atoms with Crippen LogP contribution in [0.4, 0.5) is 0 Å². The summed E-state index contributed by atoms with van der Waals surface area (Å²) in [4.78, 5) is 20.4. The zero-order chi connectivity index (χ0) is 18.6. The molecule has 8 nitrogen and oxygen atoms in total. The molecule has 0 spiro atoms. The van der Waals surface area contributed by atoms with Crippen LogP contribution in [0.2, 0.25) is 0 Å². The molecule has 3 aromatic rings. The molecular formula is C19H23N7O. The average molecular weight is 365 g/mol. The van der Waals surface area contributed by atoms with E-state index >= 15 is 0 Å². The van der Waals surface area contributed by atoms with Gasteiger partial charge in [0.1, 0.15) is 12.7 Å². The Morgan fingerprint density at radius 1 is 1.15 bits per heavy atom. The Labute approximate surface area is 157 Å². The topological polar surface area (TPSA) is 90.5 Å². The standard InChI is InChI=1S/C19H23N7O/c1-14(15-3-2-10-20-11-15)23-16-4-6-17(7-5-16)26-19(27)9-8-18(24-26)25-13-21-12-22-25/h2-3,8-14,16-17,23H,4-7H2,1H3. The zero-order valence-electron chi connectivity index (χ0n) is 15.3. The Kier molecular flexibility index (Phi) is 5.06. The lowest BCUT2D eigenvalue weighted by molar-refractivity contribution is 0.258. The predicted octanol–water partition coefficient (Wildman–Crippen LogP) is 2.05. The van der Waals surface area contributed by atoms with Gasteiger partial charge in [0.05, 0.1) is 6.04 Å². The second-order valence-electron chi connectivity index (χ2n) is 6.99. The number of nitrogens with zero attached hydrogens (tertiary/aromatic N) is 6. The third kappa shape index (κ3) is 3.95. The van der Waals surface area contributed by atoms with Gasteiger partial charge in [-0.2, -0.15) is 5.10 Å². The van der Waals surface area contributed by atoms with E-state index in [-0.39, 0.29) is 17.6 Å². The van der Waals surface area contributed by atoms with Crippen LogP contribution in [0.1, 0.15) is 50.3 Å². The summed E-state index contributed by atoms with van der Waals surface area (Å²) < 4.78 is 3.18. The lowest BCUT2D eigenvalue weighted by atomic mass is 9.90. The van der Waals surface area contributed by atoms with Crippen LogP contribution in [0.25, 0.3) is 5.82 Å². The van der Waals surface area contributed by atoms with Crippen molar-refractivity contribution in [2.45, 2.75) is 50.7 Å². The first kappa shape index (κ1) is 17.5. The van der Waals surface area contributed by atoms with Crippen LogP contribution in [0.15, 0.2) is 54.1 Å². The Balaban J connectivity index is 1.41. The fourth-order valence-corrected chi connectivity index (χ4v) is 3.69. The maximum absolute atomic E-state index is 12.3. The molecule has 0 radical (unpaired) electrons. The molecule has 1 aliphatic carbocycles. The van der Waals surface area contributed by atoms with Crippen molar-refractivity contribution in [3.63, 3.8) is 0 Å². The number of rotatable bonds is 5. The van der Waals surface area contributed by atoms with Crippen LogP contribution in [0.5, 0.6) is 0 Å². The summed E-state index contributed by atoms with van der Waals surface area (Å²) in [6.45, 7) is 2.16. The van der Waals surface area contributed by atoms with Gasteiger partial charge in [-0.3, -0.25) is 9.78 Å². The van der Waals surface area contributed by atoms with Gasteiger partial charge < -0.3 is 5.32 Å². The van der Waals surface area contributed by atoms with Crippen LogP contribution in [-0.2, 0) is 0 Å². The Morgan fingerprint density at radius 3 is 2.70 bits per heavy atom. The Hall–Kier alpha value is -2.87. The first-order valence-corrected chi connectivity index (χ1v) is 9.31. The van der Waals surface area contributed by atoms with Gasteiger partial charge in [0, 0.05) is 30.5 Å². The highest BCUT2D eigenvalue weighted by atomic mass is 16.1. The number of aromatic nitrogens is 6. The molecule has 0 saturated heterocycles.